The molecule has 2 fully saturated rings. The van der Waals surface area contributed by atoms with Crippen LogP contribution >= 0.6 is 0 Å². The molecule has 7 nitrogen and oxygen atoms in total. The van der Waals surface area contributed by atoms with Crippen molar-refractivity contribution in [2.24, 2.45) is 0 Å². The Morgan fingerprint density at radius 2 is 1.76 bits per heavy atom. The van der Waals surface area contributed by atoms with Gasteiger partial charge in [-0.3, -0.25) is 9.52 Å². The molecule has 3 N–H and O–H groups in total. The number of rotatable bonds is 7. The highest BCUT2D eigenvalue weighted by Gasteiger charge is 2.28. The Bertz CT molecular complexity index is 1320. The Balaban J connectivity index is 1.54. The number of fused-ring (bicyclic) bond motifs is 1. The second-order valence-corrected chi connectivity index (χ2v) is 11.3. The number of benzene rings is 2. The zero-order valence-electron chi connectivity index (χ0n) is 19.6. The molecule has 1 aliphatic carbocycles. The maximum Gasteiger partial charge on any atom is 0.253 e. The molecule has 3 aromatic rings. The quantitative estimate of drug-likeness (QED) is 0.497. The van der Waals surface area contributed by atoms with Gasteiger partial charge in [0.1, 0.15) is 0 Å². The van der Waals surface area contributed by atoms with E-state index in [0.29, 0.717) is 29.4 Å². The number of sulfonamides is 1. The summed E-state index contributed by atoms with van der Waals surface area (Å²) in [5.74, 6) is 0.163. The van der Waals surface area contributed by atoms with Gasteiger partial charge in [0.15, 0.2) is 0 Å². The zero-order valence-corrected chi connectivity index (χ0v) is 20.4. The maximum atomic E-state index is 13.0. The average Bonchev–Trinajstić information content (AvgIpc) is 3.40. The van der Waals surface area contributed by atoms with E-state index in [2.05, 4.69) is 9.29 Å². The molecule has 2 aromatic carbocycles. The van der Waals surface area contributed by atoms with Crippen LogP contribution in [-0.4, -0.2) is 42.6 Å². The van der Waals surface area contributed by atoms with Gasteiger partial charge >= 0.3 is 0 Å². The average molecular weight is 481 g/mol. The lowest BCUT2D eigenvalue weighted by Crippen LogP contribution is -2.27. The van der Waals surface area contributed by atoms with Crippen LogP contribution in [0.5, 0.6) is 0 Å². The Kier molecular flexibility index (Phi) is 6.02. The Hall–Kier alpha value is -3.00. The van der Waals surface area contributed by atoms with E-state index in [4.69, 9.17) is 5.73 Å². The van der Waals surface area contributed by atoms with Crippen LogP contribution in [0.4, 0.5) is 11.4 Å². The highest BCUT2D eigenvalue weighted by Crippen LogP contribution is 2.44. The van der Waals surface area contributed by atoms with E-state index >= 15 is 0 Å². The summed E-state index contributed by atoms with van der Waals surface area (Å²) in [5.41, 5.74) is 11.5. The number of hydrogen-bond acceptors (Lipinski definition) is 4. The molecule has 0 radical (unpaired) electrons. The predicted octanol–water partition coefficient (Wildman–Crippen LogP) is 5.00. The summed E-state index contributed by atoms with van der Waals surface area (Å²) in [6.45, 7) is 3.47. The van der Waals surface area contributed by atoms with Gasteiger partial charge in [-0.2, -0.15) is 0 Å². The van der Waals surface area contributed by atoms with Crippen LogP contribution in [0.3, 0.4) is 0 Å². The summed E-state index contributed by atoms with van der Waals surface area (Å²) in [6.07, 6.45) is 6.06. The maximum absolute atomic E-state index is 13.0. The van der Waals surface area contributed by atoms with Gasteiger partial charge in [0, 0.05) is 41.3 Å². The minimum Gasteiger partial charge on any atom is -0.396 e. The van der Waals surface area contributed by atoms with Gasteiger partial charge in [-0.15, -0.1) is 0 Å². The minimum absolute atomic E-state index is 0.0699. The number of nitrogen functional groups attached to an aromatic ring is 1. The first-order chi connectivity index (χ1) is 16.4. The molecule has 0 atom stereocenters. The number of amides is 1. The van der Waals surface area contributed by atoms with E-state index in [-0.39, 0.29) is 11.7 Å². The number of nitrogens with zero attached hydrogens (tertiary/aromatic N) is 2. The number of aromatic nitrogens is 1. The number of hydrogen-bond donors (Lipinski definition) is 2. The van der Waals surface area contributed by atoms with Crippen LogP contribution in [0.1, 0.15) is 61.8 Å². The second-order valence-electron chi connectivity index (χ2n) is 9.45. The monoisotopic (exact) mass is 480 g/mol. The largest absolute Gasteiger partial charge is 0.396 e. The Morgan fingerprint density at radius 1 is 1.06 bits per heavy atom. The summed E-state index contributed by atoms with van der Waals surface area (Å²) in [6, 6.07) is 13.7. The number of carbonyl (C=O) groups excluding carboxylic acids is 1. The fraction of sp³-hybridized carbons (Fsp3) is 0.423. The van der Waals surface area contributed by atoms with E-state index < -0.39 is 10.0 Å². The van der Waals surface area contributed by atoms with Crippen LogP contribution in [0.15, 0.2) is 42.5 Å². The molecule has 1 saturated carbocycles. The zero-order chi connectivity index (χ0) is 23.9. The van der Waals surface area contributed by atoms with Crippen molar-refractivity contribution in [3.05, 3.63) is 48.0 Å². The van der Waals surface area contributed by atoms with Crippen LogP contribution in [0.25, 0.3) is 22.2 Å². The number of likely N-dealkylation sites (tertiary alicyclic amines) is 1. The first kappa shape index (κ1) is 22.8. The van der Waals surface area contributed by atoms with Crippen LogP contribution < -0.4 is 10.5 Å². The molecule has 1 saturated heterocycles. The molecule has 34 heavy (non-hydrogen) atoms. The summed E-state index contributed by atoms with van der Waals surface area (Å²) < 4.78 is 29.2. The molecule has 8 heteroatoms. The third-order valence-electron chi connectivity index (χ3n) is 7.03. The van der Waals surface area contributed by atoms with Gasteiger partial charge in [-0.05, 0) is 68.9 Å². The molecular weight excluding hydrogens is 448 g/mol. The van der Waals surface area contributed by atoms with Crippen LogP contribution in [0, 0.1) is 0 Å². The summed E-state index contributed by atoms with van der Waals surface area (Å²) in [5, 5.41) is 0.902. The molecule has 1 amide bonds. The van der Waals surface area contributed by atoms with E-state index in [0.717, 1.165) is 60.9 Å². The molecule has 0 unspecified atom stereocenters. The lowest BCUT2D eigenvalue weighted by atomic mass is 9.92. The van der Waals surface area contributed by atoms with Crippen molar-refractivity contribution in [2.75, 3.05) is 29.3 Å². The van der Waals surface area contributed by atoms with E-state index in [9.17, 15) is 13.2 Å². The highest BCUT2D eigenvalue weighted by molar-refractivity contribution is 7.92. The first-order valence-corrected chi connectivity index (χ1v) is 13.9. The van der Waals surface area contributed by atoms with Crippen molar-refractivity contribution in [3.8, 4) is 11.3 Å². The van der Waals surface area contributed by atoms with Crippen molar-refractivity contribution in [3.63, 3.8) is 0 Å². The number of nitrogens with two attached hydrogens (primary N) is 1. The molecule has 0 spiro atoms. The van der Waals surface area contributed by atoms with E-state index in [1.807, 2.05) is 42.2 Å². The lowest BCUT2D eigenvalue weighted by Gasteiger charge is -2.30. The van der Waals surface area contributed by atoms with Gasteiger partial charge in [0.2, 0.25) is 10.0 Å². The normalized spacial score (nSPS) is 16.7. The minimum atomic E-state index is -3.34. The SMILES string of the molecule is CCCS(=O)(=O)Nc1ccc(-c2c(N)c3cc(C(=O)N4CCCC4)ccc3n2C2CCC2)cc1. The fourth-order valence-electron chi connectivity index (χ4n) is 5.09. The third kappa shape index (κ3) is 4.15. The summed E-state index contributed by atoms with van der Waals surface area (Å²) in [4.78, 5) is 14.9. The van der Waals surface area contributed by atoms with Crippen LogP contribution in [-0.2, 0) is 10.0 Å². The van der Waals surface area contributed by atoms with Crippen molar-refractivity contribution < 1.29 is 13.2 Å². The van der Waals surface area contributed by atoms with Gasteiger partial charge in [0.05, 0.1) is 22.7 Å². The second kappa shape index (κ2) is 8.98. The third-order valence-corrected chi connectivity index (χ3v) is 8.52. The Morgan fingerprint density at radius 3 is 2.38 bits per heavy atom. The molecular formula is C26H32N4O3S. The predicted molar refractivity (Wildman–Crippen MR) is 138 cm³/mol. The van der Waals surface area contributed by atoms with Gasteiger partial charge in [-0.1, -0.05) is 19.1 Å². The number of anilines is 2. The first-order valence-electron chi connectivity index (χ1n) is 12.2. The van der Waals surface area contributed by atoms with E-state index in [1.165, 1.54) is 6.42 Å². The molecule has 2 aliphatic rings. The van der Waals surface area contributed by atoms with Crippen LogP contribution in [0.2, 0.25) is 0 Å². The summed E-state index contributed by atoms with van der Waals surface area (Å²) >= 11 is 0. The van der Waals surface area contributed by atoms with Gasteiger partial charge in [0.25, 0.3) is 5.91 Å². The number of nitrogens with one attached hydrogen (secondary N) is 1. The molecule has 2 heterocycles. The standard InChI is InChI=1S/C26H32N4O3S/c1-2-16-34(32,33)28-20-11-8-18(9-12-20)25-24(27)22-17-19(26(31)29-14-3-4-15-29)10-13-23(22)30(25)21-6-5-7-21/h8-13,17,21,28H,2-7,14-16,27H2,1H3. The highest BCUT2D eigenvalue weighted by atomic mass is 32.2. The van der Waals surface area contributed by atoms with Crippen molar-refractivity contribution in [1.82, 2.24) is 9.47 Å². The smallest absolute Gasteiger partial charge is 0.253 e. The van der Waals surface area contributed by atoms with E-state index in [1.54, 1.807) is 12.1 Å². The van der Waals surface area contributed by atoms with Crippen molar-refractivity contribution in [2.45, 2.75) is 51.5 Å². The number of carbonyl (C=O) groups is 1. The topological polar surface area (TPSA) is 97.4 Å². The lowest BCUT2D eigenvalue weighted by molar-refractivity contribution is 0.0793. The Labute approximate surface area is 201 Å². The molecule has 0 bridgehead atoms. The molecule has 1 aromatic heterocycles. The molecule has 1 aliphatic heterocycles. The molecule has 5 rings (SSSR count). The van der Waals surface area contributed by atoms with Crippen molar-refractivity contribution in [1.29, 1.82) is 0 Å². The fourth-order valence-corrected chi connectivity index (χ4v) is 6.22. The van der Waals surface area contributed by atoms with Gasteiger partial charge < -0.3 is 15.2 Å². The molecule has 180 valence electrons. The van der Waals surface area contributed by atoms with Crippen molar-refractivity contribution >= 4 is 38.2 Å². The van der Waals surface area contributed by atoms with Gasteiger partial charge in [-0.25, -0.2) is 8.42 Å². The summed E-state index contributed by atoms with van der Waals surface area (Å²) in [7, 11) is -3.34.